The zero-order valence-electron chi connectivity index (χ0n) is 12.3. The summed E-state index contributed by atoms with van der Waals surface area (Å²) >= 11 is 1.69. The SMILES string of the molecule is Cc1nc(CN2CCN(c3cccc(F)n3)C(C)C2)cs1. The van der Waals surface area contributed by atoms with Crippen LogP contribution in [0.5, 0.6) is 0 Å². The maximum absolute atomic E-state index is 13.3. The van der Waals surface area contributed by atoms with Crippen LogP contribution in [0.3, 0.4) is 0 Å². The molecule has 0 radical (unpaired) electrons. The Morgan fingerprint density at radius 1 is 1.33 bits per heavy atom. The summed E-state index contributed by atoms with van der Waals surface area (Å²) in [7, 11) is 0. The molecule has 1 aliphatic heterocycles. The summed E-state index contributed by atoms with van der Waals surface area (Å²) in [6.45, 7) is 7.82. The third-order valence-electron chi connectivity index (χ3n) is 3.76. The number of hydrogen-bond acceptors (Lipinski definition) is 5. The van der Waals surface area contributed by atoms with Crippen LogP contribution in [0.15, 0.2) is 23.6 Å². The predicted molar refractivity (Wildman–Crippen MR) is 83.1 cm³/mol. The number of halogens is 1. The van der Waals surface area contributed by atoms with E-state index in [9.17, 15) is 4.39 Å². The monoisotopic (exact) mass is 306 g/mol. The highest BCUT2D eigenvalue weighted by Crippen LogP contribution is 2.20. The van der Waals surface area contributed by atoms with Crippen molar-refractivity contribution in [3.8, 4) is 0 Å². The van der Waals surface area contributed by atoms with Crippen LogP contribution in [0.2, 0.25) is 0 Å². The van der Waals surface area contributed by atoms with Gasteiger partial charge in [0.25, 0.3) is 0 Å². The Bertz CT molecular complexity index is 615. The molecule has 1 unspecified atom stereocenters. The number of aromatic nitrogens is 2. The average Bonchev–Trinajstić information content (AvgIpc) is 2.84. The maximum Gasteiger partial charge on any atom is 0.214 e. The fraction of sp³-hybridized carbons (Fsp3) is 0.467. The van der Waals surface area contributed by atoms with E-state index in [1.807, 2.05) is 13.0 Å². The van der Waals surface area contributed by atoms with Gasteiger partial charge in [-0.25, -0.2) is 9.97 Å². The number of aryl methyl sites for hydroxylation is 1. The maximum atomic E-state index is 13.3. The highest BCUT2D eigenvalue weighted by atomic mass is 32.1. The minimum absolute atomic E-state index is 0.313. The van der Waals surface area contributed by atoms with Gasteiger partial charge in [0, 0.05) is 37.6 Å². The smallest absolute Gasteiger partial charge is 0.214 e. The Kier molecular flexibility index (Phi) is 4.17. The van der Waals surface area contributed by atoms with E-state index < -0.39 is 5.95 Å². The molecule has 0 N–H and O–H groups in total. The molecule has 0 amide bonds. The number of pyridine rings is 1. The first-order valence-electron chi connectivity index (χ1n) is 7.14. The lowest BCUT2D eigenvalue weighted by molar-refractivity contribution is 0.218. The minimum atomic E-state index is -0.417. The summed E-state index contributed by atoms with van der Waals surface area (Å²) < 4.78 is 13.3. The Morgan fingerprint density at radius 2 is 2.19 bits per heavy atom. The van der Waals surface area contributed by atoms with Crippen molar-refractivity contribution >= 4 is 17.2 Å². The average molecular weight is 306 g/mol. The molecule has 0 aliphatic carbocycles. The fourth-order valence-corrected chi connectivity index (χ4v) is 3.39. The van der Waals surface area contributed by atoms with E-state index in [-0.39, 0.29) is 0 Å². The molecule has 2 aromatic heterocycles. The van der Waals surface area contributed by atoms with Crippen molar-refractivity contribution in [1.29, 1.82) is 0 Å². The van der Waals surface area contributed by atoms with E-state index in [1.54, 1.807) is 17.4 Å². The van der Waals surface area contributed by atoms with Crippen molar-refractivity contribution in [2.45, 2.75) is 26.4 Å². The molecule has 6 heteroatoms. The van der Waals surface area contributed by atoms with Gasteiger partial charge in [0.1, 0.15) is 5.82 Å². The molecular weight excluding hydrogens is 287 g/mol. The Morgan fingerprint density at radius 3 is 2.86 bits per heavy atom. The molecule has 1 aliphatic rings. The van der Waals surface area contributed by atoms with Crippen molar-refractivity contribution in [1.82, 2.24) is 14.9 Å². The van der Waals surface area contributed by atoms with E-state index in [4.69, 9.17) is 0 Å². The molecule has 112 valence electrons. The molecule has 1 fully saturated rings. The zero-order chi connectivity index (χ0) is 14.8. The molecule has 2 aromatic rings. The lowest BCUT2D eigenvalue weighted by Crippen LogP contribution is -2.52. The summed E-state index contributed by atoms with van der Waals surface area (Å²) in [5.74, 6) is 0.312. The molecule has 1 saturated heterocycles. The van der Waals surface area contributed by atoms with Crippen molar-refractivity contribution in [3.63, 3.8) is 0 Å². The Labute approximate surface area is 128 Å². The van der Waals surface area contributed by atoms with Gasteiger partial charge in [-0.1, -0.05) is 6.07 Å². The molecule has 0 aromatic carbocycles. The molecule has 3 heterocycles. The highest BCUT2D eigenvalue weighted by Gasteiger charge is 2.25. The first kappa shape index (κ1) is 14.4. The van der Waals surface area contributed by atoms with Gasteiger partial charge in [-0.2, -0.15) is 4.39 Å². The first-order chi connectivity index (χ1) is 10.1. The fourth-order valence-electron chi connectivity index (χ4n) is 2.78. The normalized spacial score (nSPS) is 20.0. The van der Waals surface area contributed by atoms with Crippen LogP contribution in [-0.4, -0.2) is 40.5 Å². The summed E-state index contributed by atoms with van der Waals surface area (Å²) in [6, 6.07) is 5.29. The molecule has 1 atom stereocenters. The van der Waals surface area contributed by atoms with Crippen LogP contribution < -0.4 is 4.90 Å². The second-order valence-corrected chi connectivity index (χ2v) is 6.52. The quantitative estimate of drug-likeness (QED) is 0.816. The molecule has 3 rings (SSSR count). The van der Waals surface area contributed by atoms with Crippen LogP contribution in [0.4, 0.5) is 10.2 Å². The first-order valence-corrected chi connectivity index (χ1v) is 8.02. The standard InChI is InChI=1S/C15H19FN4S/c1-11-8-19(9-13-10-21-12(2)17-13)6-7-20(11)15-5-3-4-14(16)18-15/h3-5,10-11H,6-9H2,1-2H3. The molecule has 0 spiro atoms. The Hall–Kier alpha value is -1.53. The van der Waals surface area contributed by atoms with E-state index in [0.29, 0.717) is 6.04 Å². The van der Waals surface area contributed by atoms with Gasteiger partial charge in [0.15, 0.2) is 0 Å². The minimum Gasteiger partial charge on any atom is -0.351 e. The van der Waals surface area contributed by atoms with Gasteiger partial charge in [-0.3, -0.25) is 4.90 Å². The number of rotatable bonds is 3. The number of piperazine rings is 1. The zero-order valence-corrected chi connectivity index (χ0v) is 13.1. The Balaban J connectivity index is 1.64. The predicted octanol–water partition coefficient (Wildman–Crippen LogP) is 2.70. The summed E-state index contributed by atoms with van der Waals surface area (Å²) in [4.78, 5) is 13.1. The van der Waals surface area contributed by atoms with Crippen LogP contribution in [0.1, 0.15) is 17.6 Å². The highest BCUT2D eigenvalue weighted by molar-refractivity contribution is 7.09. The summed E-state index contributed by atoms with van der Waals surface area (Å²) in [5.41, 5.74) is 1.14. The van der Waals surface area contributed by atoms with E-state index in [1.165, 1.54) is 6.07 Å². The van der Waals surface area contributed by atoms with E-state index in [0.717, 1.165) is 42.7 Å². The summed E-state index contributed by atoms with van der Waals surface area (Å²) in [5, 5.41) is 3.24. The van der Waals surface area contributed by atoms with Gasteiger partial charge >= 0.3 is 0 Å². The molecule has 4 nitrogen and oxygen atoms in total. The van der Waals surface area contributed by atoms with Crippen molar-refractivity contribution in [3.05, 3.63) is 40.2 Å². The summed E-state index contributed by atoms with van der Waals surface area (Å²) in [6.07, 6.45) is 0. The largest absolute Gasteiger partial charge is 0.351 e. The van der Waals surface area contributed by atoms with Gasteiger partial charge in [-0.05, 0) is 26.0 Å². The number of anilines is 1. The van der Waals surface area contributed by atoms with Crippen LogP contribution in [0, 0.1) is 12.9 Å². The van der Waals surface area contributed by atoms with Crippen LogP contribution in [0.25, 0.3) is 0 Å². The van der Waals surface area contributed by atoms with Crippen molar-refractivity contribution < 1.29 is 4.39 Å². The second-order valence-electron chi connectivity index (χ2n) is 5.45. The van der Waals surface area contributed by atoms with Gasteiger partial charge < -0.3 is 4.90 Å². The van der Waals surface area contributed by atoms with Gasteiger partial charge in [0.2, 0.25) is 5.95 Å². The third-order valence-corrected chi connectivity index (χ3v) is 4.58. The molecule has 0 bridgehead atoms. The second kappa shape index (κ2) is 6.07. The molecular formula is C15H19FN4S. The van der Waals surface area contributed by atoms with E-state index in [2.05, 4.69) is 32.1 Å². The number of nitrogens with zero attached hydrogens (tertiary/aromatic N) is 4. The topological polar surface area (TPSA) is 32.3 Å². The third kappa shape index (κ3) is 3.39. The van der Waals surface area contributed by atoms with Crippen LogP contribution >= 0.6 is 11.3 Å². The van der Waals surface area contributed by atoms with Crippen molar-refractivity contribution in [2.24, 2.45) is 0 Å². The number of hydrogen-bond donors (Lipinski definition) is 0. The van der Waals surface area contributed by atoms with Gasteiger partial charge in [-0.15, -0.1) is 11.3 Å². The lowest BCUT2D eigenvalue weighted by Gasteiger charge is -2.40. The molecule has 21 heavy (non-hydrogen) atoms. The van der Waals surface area contributed by atoms with Gasteiger partial charge in [0.05, 0.1) is 10.7 Å². The number of thiazole rings is 1. The van der Waals surface area contributed by atoms with Crippen LogP contribution in [-0.2, 0) is 6.54 Å². The molecule has 0 saturated carbocycles. The lowest BCUT2D eigenvalue weighted by atomic mass is 10.2. The van der Waals surface area contributed by atoms with Crippen molar-refractivity contribution in [2.75, 3.05) is 24.5 Å². The van der Waals surface area contributed by atoms with E-state index >= 15 is 0 Å².